The van der Waals surface area contributed by atoms with E-state index in [4.69, 9.17) is 4.98 Å². The Bertz CT molecular complexity index is 1060. The number of aromatic nitrogens is 6. The van der Waals surface area contributed by atoms with Gasteiger partial charge in [-0.1, -0.05) is 30.3 Å². The van der Waals surface area contributed by atoms with Crippen LogP contribution in [0.5, 0.6) is 0 Å². The average molecular weight is 347 g/mol. The third-order valence-electron chi connectivity index (χ3n) is 4.62. The van der Waals surface area contributed by atoms with Gasteiger partial charge < -0.3 is 9.88 Å². The molecule has 0 saturated carbocycles. The van der Waals surface area contributed by atoms with Crippen molar-refractivity contribution in [3.8, 4) is 11.3 Å². The van der Waals surface area contributed by atoms with E-state index in [1.54, 1.807) is 6.33 Å². The summed E-state index contributed by atoms with van der Waals surface area (Å²) in [4.78, 5) is 4.84. The molecule has 0 radical (unpaired) electrons. The van der Waals surface area contributed by atoms with Gasteiger partial charge in [-0.25, -0.2) is 4.98 Å². The molecular formula is C19H21N7. The molecule has 3 heterocycles. The molecule has 0 aliphatic carbocycles. The summed E-state index contributed by atoms with van der Waals surface area (Å²) in [5, 5.41) is 16.3. The first kappa shape index (κ1) is 16.3. The van der Waals surface area contributed by atoms with Crippen molar-refractivity contribution in [3.63, 3.8) is 0 Å². The van der Waals surface area contributed by atoms with Crippen LogP contribution in [0.2, 0.25) is 0 Å². The normalized spacial score (nSPS) is 12.5. The summed E-state index contributed by atoms with van der Waals surface area (Å²) in [6, 6.07) is 12.2. The standard InChI is InChI=1S/C19H21N7/c1-12-13(2)24-26-17(21-14(3)19-23-20-11-25(19)4)10-16(22-18(12)26)15-8-6-5-7-9-15/h5-11,14,21H,1-4H3. The highest BCUT2D eigenvalue weighted by Gasteiger charge is 2.17. The van der Waals surface area contributed by atoms with Crippen molar-refractivity contribution in [2.75, 3.05) is 5.32 Å². The van der Waals surface area contributed by atoms with Crippen LogP contribution < -0.4 is 5.32 Å². The van der Waals surface area contributed by atoms with Gasteiger partial charge in [-0.15, -0.1) is 10.2 Å². The zero-order chi connectivity index (χ0) is 18.3. The predicted octanol–water partition coefficient (Wildman–Crippen LogP) is 3.31. The summed E-state index contributed by atoms with van der Waals surface area (Å²) in [6.07, 6.45) is 1.70. The fourth-order valence-corrected chi connectivity index (χ4v) is 3.06. The van der Waals surface area contributed by atoms with Crippen molar-refractivity contribution in [1.82, 2.24) is 29.4 Å². The molecule has 7 nitrogen and oxygen atoms in total. The number of rotatable bonds is 4. The molecule has 0 aliphatic rings. The van der Waals surface area contributed by atoms with Crippen LogP contribution in [0.3, 0.4) is 0 Å². The van der Waals surface area contributed by atoms with Gasteiger partial charge in [0.1, 0.15) is 12.1 Å². The van der Waals surface area contributed by atoms with E-state index in [0.717, 1.165) is 39.8 Å². The van der Waals surface area contributed by atoms with E-state index < -0.39 is 0 Å². The Hall–Kier alpha value is -3.22. The molecule has 1 unspecified atom stereocenters. The Kier molecular flexibility index (Phi) is 3.91. The molecule has 26 heavy (non-hydrogen) atoms. The minimum atomic E-state index is -0.0264. The SMILES string of the molecule is Cc1nn2c(NC(C)c3nncn3C)cc(-c3ccccc3)nc2c1C. The lowest BCUT2D eigenvalue weighted by Gasteiger charge is -2.16. The molecule has 132 valence electrons. The van der Waals surface area contributed by atoms with E-state index in [0.29, 0.717) is 0 Å². The van der Waals surface area contributed by atoms with E-state index in [2.05, 4.69) is 46.6 Å². The molecule has 4 rings (SSSR count). The number of anilines is 1. The van der Waals surface area contributed by atoms with Crippen molar-refractivity contribution in [1.29, 1.82) is 0 Å². The molecule has 0 saturated heterocycles. The molecule has 7 heteroatoms. The van der Waals surface area contributed by atoms with Crippen molar-refractivity contribution < 1.29 is 0 Å². The van der Waals surface area contributed by atoms with E-state index in [1.165, 1.54) is 0 Å². The van der Waals surface area contributed by atoms with Crippen molar-refractivity contribution in [3.05, 3.63) is 59.8 Å². The summed E-state index contributed by atoms with van der Waals surface area (Å²) in [5.41, 5.74) is 4.89. The van der Waals surface area contributed by atoms with Crippen LogP contribution in [0.25, 0.3) is 16.9 Å². The number of nitrogens with one attached hydrogen (secondary N) is 1. The van der Waals surface area contributed by atoms with Gasteiger partial charge in [-0.3, -0.25) is 0 Å². The second-order valence-electron chi connectivity index (χ2n) is 6.50. The third-order valence-corrected chi connectivity index (χ3v) is 4.62. The first-order valence-electron chi connectivity index (χ1n) is 8.57. The summed E-state index contributed by atoms with van der Waals surface area (Å²) >= 11 is 0. The number of aryl methyl sites for hydroxylation is 3. The van der Waals surface area contributed by atoms with Crippen molar-refractivity contribution in [2.24, 2.45) is 7.05 Å². The molecule has 0 aliphatic heterocycles. The average Bonchev–Trinajstić information content (AvgIpc) is 3.20. The van der Waals surface area contributed by atoms with E-state index >= 15 is 0 Å². The topological polar surface area (TPSA) is 72.9 Å². The van der Waals surface area contributed by atoms with Gasteiger partial charge >= 0.3 is 0 Å². The van der Waals surface area contributed by atoms with Gasteiger partial charge in [0.05, 0.1) is 17.4 Å². The van der Waals surface area contributed by atoms with Crippen molar-refractivity contribution in [2.45, 2.75) is 26.8 Å². The molecule has 1 atom stereocenters. The van der Waals surface area contributed by atoms with Crippen LogP contribution in [0, 0.1) is 13.8 Å². The molecule has 0 amide bonds. The van der Waals surface area contributed by atoms with Gasteiger partial charge in [-0.2, -0.15) is 9.61 Å². The fourth-order valence-electron chi connectivity index (χ4n) is 3.06. The van der Waals surface area contributed by atoms with Gasteiger partial charge in [0.15, 0.2) is 11.5 Å². The van der Waals surface area contributed by atoms with Crippen LogP contribution in [-0.4, -0.2) is 29.4 Å². The summed E-state index contributed by atoms with van der Waals surface area (Å²) in [7, 11) is 1.94. The van der Waals surface area contributed by atoms with Crippen LogP contribution in [0.4, 0.5) is 5.82 Å². The maximum absolute atomic E-state index is 4.84. The Labute approximate surface area is 151 Å². The lowest BCUT2D eigenvalue weighted by atomic mass is 10.1. The van der Waals surface area contributed by atoms with E-state index in [9.17, 15) is 0 Å². The highest BCUT2D eigenvalue weighted by Crippen LogP contribution is 2.26. The first-order chi connectivity index (χ1) is 12.5. The molecule has 0 fully saturated rings. The lowest BCUT2D eigenvalue weighted by molar-refractivity contribution is 0.710. The van der Waals surface area contributed by atoms with Gasteiger partial charge in [0, 0.05) is 24.2 Å². The van der Waals surface area contributed by atoms with Crippen LogP contribution >= 0.6 is 0 Å². The minimum Gasteiger partial charge on any atom is -0.360 e. The number of hydrogen-bond acceptors (Lipinski definition) is 5. The second-order valence-corrected chi connectivity index (χ2v) is 6.50. The molecule has 0 spiro atoms. The van der Waals surface area contributed by atoms with Crippen LogP contribution in [-0.2, 0) is 7.05 Å². The number of hydrogen-bond donors (Lipinski definition) is 1. The van der Waals surface area contributed by atoms with Gasteiger partial charge in [0.25, 0.3) is 0 Å². The molecule has 0 bridgehead atoms. The highest BCUT2D eigenvalue weighted by molar-refractivity contribution is 5.68. The summed E-state index contributed by atoms with van der Waals surface area (Å²) in [5.74, 6) is 1.73. The maximum Gasteiger partial charge on any atom is 0.161 e. The second kappa shape index (κ2) is 6.25. The van der Waals surface area contributed by atoms with Gasteiger partial charge in [-0.05, 0) is 20.8 Å². The monoisotopic (exact) mass is 347 g/mol. The Morgan fingerprint density at radius 3 is 2.58 bits per heavy atom. The minimum absolute atomic E-state index is 0.0264. The molecule has 4 aromatic rings. The third kappa shape index (κ3) is 2.71. The largest absolute Gasteiger partial charge is 0.360 e. The highest BCUT2D eigenvalue weighted by atomic mass is 15.3. The van der Waals surface area contributed by atoms with E-state index in [1.807, 2.05) is 47.3 Å². The fraction of sp³-hybridized carbons (Fsp3) is 0.263. The van der Waals surface area contributed by atoms with Crippen LogP contribution in [0.15, 0.2) is 42.7 Å². The molecular weight excluding hydrogens is 326 g/mol. The van der Waals surface area contributed by atoms with E-state index in [-0.39, 0.29) is 6.04 Å². The quantitative estimate of drug-likeness (QED) is 0.613. The van der Waals surface area contributed by atoms with Crippen LogP contribution in [0.1, 0.15) is 30.0 Å². The Morgan fingerprint density at radius 1 is 1.12 bits per heavy atom. The smallest absolute Gasteiger partial charge is 0.161 e. The summed E-state index contributed by atoms with van der Waals surface area (Å²) in [6.45, 7) is 6.11. The zero-order valence-electron chi connectivity index (χ0n) is 15.3. The molecule has 1 aromatic carbocycles. The first-order valence-corrected chi connectivity index (χ1v) is 8.57. The number of nitrogens with zero attached hydrogens (tertiary/aromatic N) is 6. The lowest BCUT2D eigenvalue weighted by Crippen LogP contribution is -2.15. The Balaban J connectivity index is 1.84. The maximum atomic E-state index is 4.84. The molecule has 1 N–H and O–H groups in total. The predicted molar refractivity (Wildman–Crippen MR) is 101 cm³/mol. The Morgan fingerprint density at radius 2 is 1.88 bits per heavy atom. The van der Waals surface area contributed by atoms with Crippen molar-refractivity contribution >= 4 is 11.5 Å². The number of fused-ring (bicyclic) bond motifs is 1. The molecule has 3 aromatic heterocycles. The summed E-state index contributed by atoms with van der Waals surface area (Å²) < 4.78 is 3.78. The number of benzene rings is 1. The van der Waals surface area contributed by atoms with Gasteiger partial charge in [0.2, 0.25) is 0 Å². The zero-order valence-corrected chi connectivity index (χ0v) is 15.3.